The molecule has 126 valence electrons. The summed E-state index contributed by atoms with van der Waals surface area (Å²) in [5, 5.41) is 8.96. The van der Waals surface area contributed by atoms with Crippen LogP contribution in [0.15, 0.2) is 47.4 Å². The minimum atomic E-state index is -3.66. The van der Waals surface area contributed by atoms with E-state index in [9.17, 15) is 8.42 Å². The average molecular weight is 342 g/mol. The predicted octanol–water partition coefficient (Wildman–Crippen LogP) is 3.69. The van der Waals surface area contributed by atoms with Gasteiger partial charge in [0.15, 0.2) is 0 Å². The van der Waals surface area contributed by atoms with Crippen LogP contribution in [0, 0.1) is 12.8 Å². The smallest absolute Gasteiger partial charge is 0.238 e. The standard InChI is InChI=1S/C19H22N2O2S/c1-12-5-7-13(8-6-12)19-16-4-2-3-15(16)17-11-14(24(20,22)23)9-10-18(17)21-19/h5-11,15-16,19,21H,2-4H2,1H3,(H2,20,22,23)/t15-,16+,19+/m0/s1. The van der Waals surface area contributed by atoms with Crippen LogP contribution in [0.25, 0.3) is 0 Å². The molecule has 4 rings (SSSR count). The van der Waals surface area contributed by atoms with Crippen LogP contribution in [-0.4, -0.2) is 8.42 Å². The molecular formula is C19H22N2O2S. The molecule has 0 amide bonds. The summed E-state index contributed by atoms with van der Waals surface area (Å²) in [4.78, 5) is 0.211. The molecule has 0 saturated heterocycles. The van der Waals surface area contributed by atoms with Gasteiger partial charge in [-0.05, 0) is 60.9 Å². The third-order valence-corrected chi connectivity index (χ3v) is 6.41. The van der Waals surface area contributed by atoms with Gasteiger partial charge in [0, 0.05) is 5.69 Å². The van der Waals surface area contributed by atoms with Crippen molar-refractivity contribution in [2.45, 2.75) is 43.0 Å². The molecule has 0 unspecified atom stereocenters. The highest BCUT2D eigenvalue weighted by atomic mass is 32.2. The van der Waals surface area contributed by atoms with Gasteiger partial charge in [-0.25, -0.2) is 13.6 Å². The minimum Gasteiger partial charge on any atom is -0.378 e. The highest BCUT2D eigenvalue weighted by Gasteiger charge is 2.40. The number of anilines is 1. The monoisotopic (exact) mass is 342 g/mol. The summed E-state index contributed by atoms with van der Waals surface area (Å²) in [5.74, 6) is 0.894. The van der Waals surface area contributed by atoms with Crippen molar-refractivity contribution in [1.82, 2.24) is 0 Å². The number of primary sulfonamides is 1. The van der Waals surface area contributed by atoms with Crippen LogP contribution >= 0.6 is 0 Å². The predicted molar refractivity (Wildman–Crippen MR) is 95.4 cm³/mol. The molecule has 0 bridgehead atoms. The molecule has 5 heteroatoms. The van der Waals surface area contributed by atoms with Crippen molar-refractivity contribution in [3.8, 4) is 0 Å². The summed E-state index contributed by atoms with van der Waals surface area (Å²) in [6.45, 7) is 2.10. The zero-order valence-electron chi connectivity index (χ0n) is 13.7. The highest BCUT2D eigenvalue weighted by molar-refractivity contribution is 7.89. The third-order valence-electron chi connectivity index (χ3n) is 5.50. The number of benzene rings is 2. The number of rotatable bonds is 2. The van der Waals surface area contributed by atoms with Crippen LogP contribution in [-0.2, 0) is 10.0 Å². The Labute approximate surface area is 143 Å². The molecule has 2 aliphatic rings. The Morgan fingerprint density at radius 3 is 2.54 bits per heavy atom. The first kappa shape index (κ1) is 15.7. The maximum atomic E-state index is 11.7. The first-order chi connectivity index (χ1) is 11.4. The zero-order chi connectivity index (χ0) is 16.9. The van der Waals surface area contributed by atoms with Crippen molar-refractivity contribution in [3.63, 3.8) is 0 Å². The molecule has 24 heavy (non-hydrogen) atoms. The summed E-state index contributed by atoms with van der Waals surface area (Å²) >= 11 is 0. The van der Waals surface area contributed by atoms with E-state index in [2.05, 4.69) is 36.5 Å². The number of sulfonamides is 1. The first-order valence-electron chi connectivity index (χ1n) is 8.43. The van der Waals surface area contributed by atoms with E-state index in [0.29, 0.717) is 11.8 Å². The van der Waals surface area contributed by atoms with Crippen LogP contribution in [0.1, 0.15) is 47.9 Å². The molecule has 4 nitrogen and oxygen atoms in total. The van der Waals surface area contributed by atoms with Gasteiger partial charge in [-0.2, -0.15) is 0 Å². The Morgan fingerprint density at radius 1 is 1.08 bits per heavy atom. The molecule has 3 atom stereocenters. The summed E-state index contributed by atoms with van der Waals surface area (Å²) in [6.07, 6.45) is 3.45. The maximum Gasteiger partial charge on any atom is 0.238 e. The molecule has 0 aromatic heterocycles. The third kappa shape index (κ3) is 2.62. The van der Waals surface area contributed by atoms with Crippen molar-refractivity contribution < 1.29 is 8.42 Å². The molecule has 1 aliphatic heterocycles. The molecule has 1 saturated carbocycles. The number of fused-ring (bicyclic) bond motifs is 3. The van der Waals surface area contributed by atoms with E-state index >= 15 is 0 Å². The summed E-state index contributed by atoms with van der Waals surface area (Å²) in [7, 11) is -3.66. The number of hydrogen-bond acceptors (Lipinski definition) is 3. The SMILES string of the molecule is Cc1ccc([C@H]2Nc3ccc(S(N)(=O)=O)cc3[C@H]3CCC[C@H]32)cc1. The second-order valence-corrected chi connectivity index (χ2v) is 8.59. The largest absolute Gasteiger partial charge is 0.378 e. The van der Waals surface area contributed by atoms with E-state index < -0.39 is 10.0 Å². The number of aryl methyl sites for hydroxylation is 1. The Balaban J connectivity index is 1.78. The van der Waals surface area contributed by atoms with Gasteiger partial charge in [0.05, 0.1) is 10.9 Å². The molecule has 1 fully saturated rings. The normalized spacial score (nSPS) is 25.7. The molecule has 0 spiro atoms. The van der Waals surface area contributed by atoms with E-state index in [1.165, 1.54) is 17.5 Å². The van der Waals surface area contributed by atoms with Gasteiger partial charge in [-0.15, -0.1) is 0 Å². The van der Waals surface area contributed by atoms with Crippen molar-refractivity contribution in [2.75, 3.05) is 5.32 Å². The molecule has 2 aromatic rings. The fourth-order valence-electron chi connectivity index (χ4n) is 4.31. The van der Waals surface area contributed by atoms with Gasteiger partial charge in [-0.1, -0.05) is 36.2 Å². The van der Waals surface area contributed by atoms with E-state index in [0.717, 1.165) is 24.1 Å². The quantitative estimate of drug-likeness (QED) is 0.874. The topological polar surface area (TPSA) is 72.2 Å². The van der Waals surface area contributed by atoms with E-state index in [4.69, 9.17) is 5.14 Å². The molecule has 0 radical (unpaired) electrons. The Morgan fingerprint density at radius 2 is 1.83 bits per heavy atom. The van der Waals surface area contributed by atoms with Crippen LogP contribution < -0.4 is 10.5 Å². The van der Waals surface area contributed by atoms with Gasteiger partial charge in [0.25, 0.3) is 0 Å². The summed E-state index contributed by atoms with van der Waals surface area (Å²) in [6, 6.07) is 14.2. The van der Waals surface area contributed by atoms with E-state index in [-0.39, 0.29) is 10.9 Å². The molecule has 2 aromatic carbocycles. The second-order valence-electron chi connectivity index (χ2n) is 7.03. The maximum absolute atomic E-state index is 11.7. The second kappa shape index (κ2) is 5.60. The lowest BCUT2D eigenvalue weighted by Crippen LogP contribution is -2.29. The Hall–Kier alpha value is -1.85. The number of nitrogens with two attached hydrogens (primary N) is 1. The van der Waals surface area contributed by atoms with Gasteiger partial charge in [-0.3, -0.25) is 0 Å². The van der Waals surface area contributed by atoms with Crippen LogP contribution in [0.3, 0.4) is 0 Å². The molecular weight excluding hydrogens is 320 g/mol. The lowest BCUT2D eigenvalue weighted by Gasteiger charge is -2.38. The van der Waals surface area contributed by atoms with Crippen molar-refractivity contribution in [3.05, 3.63) is 59.2 Å². The van der Waals surface area contributed by atoms with Gasteiger partial charge in [0.2, 0.25) is 10.0 Å². The van der Waals surface area contributed by atoms with Crippen LogP contribution in [0.2, 0.25) is 0 Å². The highest BCUT2D eigenvalue weighted by Crippen LogP contribution is 2.52. The molecule has 3 N–H and O–H groups in total. The van der Waals surface area contributed by atoms with Crippen molar-refractivity contribution >= 4 is 15.7 Å². The van der Waals surface area contributed by atoms with Gasteiger partial charge >= 0.3 is 0 Å². The minimum absolute atomic E-state index is 0.211. The summed E-state index contributed by atoms with van der Waals surface area (Å²) in [5.41, 5.74) is 4.71. The van der Waals surface area contributed by atoms with Gasteiger partial charge in [0.1, 0.15) is 0 Å². The Bertz CT molecular complexity index is 875. The van der Waals surface area contributed by atoms with Crippen LogP contribution in [0.4, 0.5) is 5.69 Å². The lowest BCUT2D eigenvalue weighted by atomic mass is 9.77. The Kier molecular flexibility index (Phi) is 3.66. The number of hydrogen-bond donors (Lipinski definition) is 2. The summed E-state index contributed by atoms with van der Waals surface area (Å²) < 4.78 is 23.4. The first-order valence-corrected chi connectivity index (χ1v) is 9.98. The van der Waals surface area contributed by atoms with Crippen LogP contribution in [0.5, 0.6) is 0 Å². The number of nitrogens with one attached hydrogen (secondary N) is 1. The van der Waals surface area contributed by atoms with Crippen molar-refractivity contribution in [2.24, 2.45) is 11.1 Å². The molecule has 1 heterocycles. The average Bonchev–Trinajstić information content (AvgIpc) is 3.03. The lowest BCUT2D eigenvalue weighted by molar-refractivity contribution is 0.405. The van der Waals surface area contributed by atoms with Gasteiger partial charge < -0.3 is 5.32 Å². The zero-order valence-corrected chi connectivity index (χ0v) is 14.5. The fourth-order valence-corrected chi connectivity index (χ4v) is 4.86. The van der Waals surface area contributed by atoms with E-state index in [1.807, 2.05) is 6.07 Å². The van der Waals surface area contributed by atoms with E-state index in [1.54, 1.807) is 12.1 Å². The molecule has 1 aliphatic carbocycles. The van der Waals surface area contributed by atoms with Crippen molar-refractivity contribution in [1.29, 1.82) is 0 Å². The fraction of sp³-hybridized carbons (Fsp3) is 0.368.